The summed E-state index contributed by atoms with van der Waals surface area (Å²) in [5, 5.41) is 5.15. The van der Waals surface area contributed by atoms with Crippen molar-refractivity contribution in [2.75, 3.05) is 5.75 Å². The number of hydrogen-bond donors (Lipinski definition) is 1. The second kappa shape index (κ2) is 7.12. The van der Waals surface area contributed by atoms with E-state index in [1.54, 1.807) is 6.33 Å². The van der Waals surface area contributed by atoms with Gasteiger partial charge < -0.3 is 5.32 Å². The van der Waals surface area contributed by atoms with Gasteiger partial charge in [0, 0.05) is 15.8 Å². The lowest BCUT2D eigenvalue weighted by Crippen LogP contribution is -2.41. The standard InChI is InChI=1S/C20H29N3OS2/c1-19(2,3)12-7-8-13-14(9-12)26-18-16(13)17(21-11-22-18)25-10-15(24)23-20(4,5)6/h11-12H,7-10H2,1-6H3,(H,23,24)/t12-/m0/s1. The number of thioether (sulfide) groups is 1. The van der Waals surface area contributed by atoms with Crippen LogP contribution in [0.1, 0.15) is 58.4 Å². The van der Waals surface area contributed by atoms with E-state index in [4.69, 9.17) is 0 Å². The maximum atomic E-state index is 12.2. The van der Waals surface area contributed by atoms with E-state index >= 15 is 0 Å². The number of carbonyl (C=O) groups is 1. The highest BCUT2D eigenvalue weighted by atomic mass is 32.2. The molecule has 1 N–H and O–H groups in total. The van der Waals surface area contributed by atoms with Gasteiger partial charge in [-0.25, -0.2) is 9.97 Å². The van der Waals surface area contributed by atoms with E-state index < -0.39 is 0 Å². The van der Waals surface area contributed by atoms with E-state index in [1.807, 2.05) is 32.1 Å². The number of aromatic nitrogens is 2. The Balaban J connectivity index is 1.83. The quantitative estimate of drug-likeness (QED) is 0.600. The van der Waals surface area contributed by atoms with Crippen LogP contribution in [0, 0.1) is 11.3 Å². The van der Waals surface area contributed by atoms with Crippen molar-refractivity contribution >= 4 is 39.2 Å². The molecule has 2 aromatic rings. The molecule has 3 rings (SSSR count). The normalized spacial score (nSPS) is 18.0. The summed E-state index contributed by atoms with van der Waals surface area (Å²) in [6.07, 6.45) is 5.07. The van der Waals surface area contributed by atoms with Gasteiger partial charge >= 0.3 is 0 Å². The molecule has 0 aromatic carbocycles. The number of aryl methyl sites for hydroxylation is 1. The average Bonchev–Trinajstić information content (AvgIpc) is 2.88. The number of nitrogens with one attached hydrogen (secondary N) is 1. The van der Waals surface area contributed by atoms with Crippen LogP contribution in [0.3, 0.4) is 0 Å². The van der Waals surface area contributed by atoms with Crippen molar-refractivity contribution in [2.24, 2.45) is 11.3 Å². The second-order valence-corrected chi connectivity index (χ2v) is 11.3. The van der Waals surface area contributed by atoms with Crippen molar-refractivity contribution in [3.63, 3.8) is 0 Å². The molecule has 6 heteroatoms. The summed E-state index contributed by atoms with van der Waals surface area (Å²) in [5.41, 5.74) is 1.55. The van der Waals surface area contributed by atoms with Crippen LogP contribution < -0.4 is 5.32 Å². The molecule has 0 aliphatic heterocycles. The van der Waals surface area contributed by atoms with E-state index in [2.05, 4.69) is 36.1 Å². The summed E-state index contributed by atoms with van der Waals surface area (Å²) in [6, 6.07) is 0. The van der Waals surface area contributed by atoms with E-state index in [1.165, 1.54) is 34.0 Å². The van der Waals surface area contributed by atoms with Crippen molar-refractivity contribution < 1.29 is 4.79 Å². The maximum Gasteiger partial charge on any atom is 0.230 e. The van der Waals surface area contributed by atoms with Crippen LogP contribution in [0.4, 0.5) is 0 Å². The summed E-state index contributed by atoms with van der Waals surface area (Å²) >= 11 is 3.34. The third-order valence-electron chi connectivity index (χ3n) is 4.89. The Hall–Kier alpha value is -1.14. The van der Waals surface area contributed by atoms with Gasteiger partial charge in [0.05, 0.1) is 5.75 Å². The van der Waals surface area contributed by atoms with E-state index in [-0.39, 0.29) is 11.4 Å². The van der Waals surface area contributed by atoms with E-state index in [9.17, 15) is 4.79 Å². The highest BCUT2D eigenvalue weighted by Crippen LogP contribution is 2.44. The minimum Gasteiger partial charge on any atom is -0.351 e. The molecule has 1 aliphatic carbocycles. The van der Waals surface area contributed by atoms with Crippen molar-refractivity contribution in [3.05, 3.63) is 16.8 Å². The first-order valence-electron chi connectivity index (χ1n) is 9.23. The van der Waals surface area contributed by atoms with E-state index in [0.29, 0.717) is 17.1 Å². The first kappa shape index (κ1) is 19.6. The van der Waals surface area contributed by atoms with Gasteiger partial charge in [-0.15, -0.1) is 11.3 Å². The highest BCUT2D eigenvalue weighted by molar-refractivity contribution is 8.00. The molecule has 0 unspecified atom stereocenters. The summed E-state index contributed by atoms with van der Waals surface area (Å²) < 4.78 is 0. The number of amides is 1. The van der Waals surface area contributed by atoms with Crippen molar-refractivity contribution in [1.29, 1.82) is 0 Å². The van der Waals surface area contributed by atoms with Crippen molar-refractivity contribution in [3.8, 4) is 0 Å². The zero-order chi connectivity index (χ0) is 19.1. The molecule has 4 nitrogen and oxygen atoms in total. The molecule has 26 heavy (non-hydrogen) atoms. The molecule has 1 atom stereocenters. The SMILES string of the molecule is CC(C)(C)NC(=O)CSc1ncnc2sc3c(c12)CC[C@H](C(C)(C)C)C3. The third kappa shape index (κ3) is 4.39. The summed E-state index contributed by atoms with van der Waals surface area (Å²) in [5.74, 6) is 1.15. The van der Waals surface area contributed by atoms with Crippen LogP contribution in [0.2, 0.25) is 0 Å². The van der Waals surface area contributed by atoms with Gasteiger partial charge in [0.25, 0.3) is 0 Å². The van der Waals surface area contributed by atoms with Crippen LogP contribution in [0.5, 0.6) is 0 Å². The van der Waals surface area contributed by atoms with Gasteiger partial charge in [-0.2, -0.15) is 0 Å². The van der Waals surface area contributed by atoms with Crippen LogP contribution in [0.15, 0.2) is 11.4 Å². The van der Waals surface area contributed by atoms with Gasteiger partial charge in [0.2, 0.25) is 5.91 Å². The molecule has 2 heterocycles. The largest absolute Gasteiger partial charge is 0.351 e. The average molecular weight is 392 g/mol. The molecule has 1 amide bonds. The molecule has 0 radical (unpaired) electrons. The number of nitrogens with zero attached hydrogens (tertiary/aromatic N) is 2. The molecule has 2 aromatic heterocycles. The summed E-state index contributed by atoms with van der Waals surface area (Å²) in [7, 11) is 0. The second-order valence-electron chi connectivity index (χ2n) is 9.26. The van der Waals surface area contributed by atoms with Gasteiger partial charge in [-0.1, -0.05) is 32.5 Å². The molecule has 0 spiro atoms. The predicted molar refractivity (Wildman–Crippen MR) is 111 cm³/mol. The van der Waals surface area contributed by atoms with Gasteiger partial charge in [-0.3, -0.25) is 4.79 Å². The minimum absolute atomic E-state index is 0.0474. The Morgan fingerprint density at radius 2 is 2.00 bits per heavy atom. The van der Waals surface area contributed by atoms with Crippen molar-refractivity contribution in [2.45, 2.75) is 71.4 Å². The van der Waals surface area contributed by atoms with Gasteiger partial charge in [0.1, 0.15) is 16.2 Å². The highest BCUT2D eigenvalue weighted by Gasteiger charge is 2.31. The smallest absolute Gasteiger partial charge is 0.230 e. The summed E-state index contributed by atoms with van der Waals surface area (Å²) in [6.45, 7) is 13.0. The Labute approximate surface area is 164 Å². The first-order chi connectivity index (χ1) is 12.0. The monoisotopic (exact) mass is 391 g/mol. The topological polar surface area (TPSA) is 54.9 Å². The van der Waals surface area contributed by atoms with Crippen molar-refractivity contribution in [1.82, 2.24) is 15.3 Å². The number of thiophene rings is 1. The lowest BCUT2D eigenvalue weighted by molar-refractivity contribution is -0.119. The molecular formula is C20H29N3OS2. The molecule has 0 bridgehead atoms. The lowest BCUT2D eigenvalue weighted by Gasteiger charge is -2.33. The molecule has 0 saturated carbocycles. The number of rotatable bonds is 3. The van der Waals surface area contributed by atoms with Crippen LogP contribution in [0.25, 0.3) is 10.2 Å². The molecule has 0 fully saturated rings. The third-order valence-corrected chi connectivity index (χ3v) is 7.04. The zero-order valence-corrected chi connectivity index (χ0v) is 18.2. The Kier molecular flexibility index (Phi) is 5.37. The fourth-order valence-electron chi connectivity index (χ4n) is 3.52. The zero-order valence-electron chi connectivity index (χ0n) is 16.6. The van der Waals surface area contributed by atoms with Gasteiger partial charge in [0.15, 0.2) is 0 Å². The van der Waals surface area contributed by atoms with Crippen LogP contribution in [-0.4, -0.2) is 27.2 Å². The lowest BCUT2D eigenvalue weighted by atomic mass is 9.72. The number of carbonyl (C=O) groups excluding carboxylic acids is 1. The molecule has 0 saturated heterocycles. The Bertz CT molecular complexity index is 815. The minimum atomic E-state index is -0.206. The van der Waals surface area contributed by atoms with Crippen LogP contribution in [-0.2, 0) is 17.6 Å². The maximum absolute atomic E-state index is 12.2. The molecular weight excluding hydrogens is 362 g/mol. The predicted octanol–water partition coefficient (Wildman–Crippen LogP) is 4.85. The number of fused-ring (bicyclic) bond motifs is 3. The molecule has 1 aliphatic rings. The Morgan fingerprint density at radius 3 is 2.65 bits per heavy atom. The Morgan fingerprint density at radius 1 is 1.27 bits per heavy atom. The van der Waals surface area contributed by atoms with E-state index in [0.717, 1.165) is 22.7 Å². The molecule has 142 valence electrons. The van der Waals surface area contributed by atoms with Gasteiger partial charge in [-0.05, 0) is 56.9 Å². The number of hydrogen-bond acceptors (Lipinski definition) is 5. The first-order valence-corrected chi connectivity index (χ1v) is 11.0. The fraction of sp³-hybridized carbons (Fsp3) is 0.650. The summed E-state index contributed by atoms with van der Waals surface area (Å²) in [4.78, 5) is 23.7. The fourth-order valence-corrected chi connectivity index (χ4v) is 5.68. The van der Waals surface area contributed by atoms with Crippen LogP contribution >= 0.6 is 23.1 Å².